The van der Waals surface area contributed by atoms with E-state index in [9.17, 15) is 9.59 Å². The largest absolute Gasteiger partial charge is 0.456 e. The van der Waals surface area contributed by atoms with Crippen molar-refractivity contribution in [2.45, 2.75) is 33.1 Å². The lowest BCUT2D eigenvalue weighted by Gasteiger charge is -2.32. The summed E-state index contributed by atoms with van der Waals surface area (Å²) in [5.74, 6) is -0.550. The molecule has 0 bridgehead atoms. The highest BCUT2D eigenvalue weighted by Gasteiger charge is 2.43. The first-order chi connectivity index (χ1) is 12.5. The third-order valence-electron chi connectivity index (χ3n) is 5.15. The molecule has 2 aromatic rings. The molecule has 2 aliphatic heterocycles. The predicted molar refractivity (Wildman–Crippen MR) is 99.9 cm³/mol. The average Bonchev–Trinajstić information content (AvgIpc) is 2.95. The van der Waals surface area contributed by atoms with Crippen molar-refractivity contribution in [1.82, 2.24) is 0 Å². The molecule has 2 heterocycles. The van der Waals surface area contributed by atoms with Crippen LogP contribution in [0.15, 0.2) is 53.7 Å². The maximum absolute atomic E-state index is 13.1. The van der Waals surface area contributed by atoms with Gasteiger partial charge in [0.05, 0.1) is 11.3 Å². The summed E-state index contributed by atoms with van der Waals surface area (Å²) in [6.07, 6.45) is 0.270. The fourth-order valence-corrected chi connectivity index (χ4v) is 4.08. The molecule has 0 aliphatic carbocycles. The van der Waals surface area contributed by atoms with Gasteiger partial charge < -0.3 is 4.74 Å². The lowest BCUT2D eigenvalue weighted by atomic mass is 9.82. The maximum Gasteiger partial charge on any atom is 0.336 e. The Morgan fingerprint density at radius 1 is 1.00 bits per heavy atom. The Hall–Kier alpha value is -2.88. The van der Waals surface area contributed by atoms with Crippen molar-refractivity contribution >= 4 is 17.6 Å². The second kappa shape index (κ2) is 6.13. The van der Waals surface area contributed by atoms with Crippen LogP contribution in [-0.2, 0) is 14.3 Å². The van der Waals surface area contributed by atoms with Crippen molar-refractivity contribution in [3.63, 3.8) is 0 Å². The number of amides is 1. The van der Waals surface area contributed by atoms with E-state index in [4.69, 9.17) is 4.74 Å². The lowest BCUT2D eigenvalue weighted by Crippen LogP contribution is -2.37. The normalized spacial score (nSPS) is 19.7. The summed E-state index contributed by atoms with van der Waals surface area (Å²) < 4.78 is 5.35. The summed E-state index contributed by atoms with van der Waals surface area (Å²) in [7, 11) is 0. The van der Waals surface area contributed by atoms with Crippen molar-refractivity contribution in [2.24, 2.45) is 0 Å². The second-order valence-electron chi connectivity index (χ2n) is 7.12. The highest BCUT2D eigenvalue weighted by molar-refractivity contribution is 6.06. The van der Waals surface area contributed by atoms with Gasteiger partial charge >= 0.3 is 5.97 Å². The number of nitrogens with zero attached hydrogens (tertiary/aromatic N) is 1. The predicted octanol–water partition coefficient (Wildman–Crippen LogP) is 3.94. The van der Waals surface area contributed by atoms with Crippen LogP contribution in [0.2, 0.25) is 0 Å². The average molecular weight is 347 g/mol. The number of cyclic esters (lactones) is 1. The van der Waals surface area contributed by atoms with Gasteiger partial charge in [-0.05, 0) is 55.2 Å². The number of rotatable bonds is 2. The molecule has 0 saturated heterocycles. The number of hydrogen-bond acceptors (Lipinski definition) is 3. The third kappa shape index (κ3) is 2.62. The van der Waals surface area contributed by atoms with E-state index in [1.54, 1.807) is 4.90 Å². The van der Waals surface area contributed by atoms with E-state index in [0.717, 1.165) is 27.9 Å². The van der Waals surface area contributed by atoms with E-state index >= 15 is 0 Å². The molecule has 0 radical (unpaired) electrons. The number of aryl methyl sites for hydroxylation is 3. The van der Waals surface area contributed by atoms with Crippen LogP contribution in [0.3, 0.4) is 0 Å². The molecule has 132 valence electrons. The number of esters is 1. The molecule has 1 amide bonds. The lowest BCUT2D eigenvalue weighted by molar-refractivity contribution is -0.136. The standard InChI is InChI=1S/C22H21NO3/c1-13-8-14(2)10-16(9-13)23-19-12-26-22(25)21(19)18(11-20(23)24)17-7-5-4-6-15(17)3/h4-10,18H,11-12H2,1-3H3. The molecule has 0 spiro atoms. The molecule has 1 atom stereocenters. The monoisotopic (exact) mass is 347 g/mol. The molecular formula is C22H21NO3. The fraction of sp³-hybridized carbons (Fsp3) is 0.273. The molecule has 4 rings (SSSR count). The van der Waals surface area contributed by atoms with Crippen molar-refractivity contribution in [2.75, 3.05) is 11.5 Å². The molecule has 0 N–H and O–H groups in total. The summed E-state index contributed by atoms with van der Waals surface area (Å²) in [6.45, 7) is 6.17. The Kier molecular flexibility index (Phi) is 3.91. The highest BCUT2D eigenvalue weighted by Crippen LogP contribution is 2.42. The summed E-state index contributed by atoms with van der Waals surface area (Å²) >= 11 is 0. The number of benzene rings is 2. The minimum absolute atomic E-state index is 0.000281. The van der Waals surface area contributed by atoms with Crippen LogP contribution < -0.4 is 4.90 Å². The zero-order valence-electron chi connectivity index (χ0n) is 15.2. The van der Waals surface area contributed by atoms with Gasteiger partial charge in [-0.25, -0.2) is 4.79 Å². The fourth-order valence-electron chi connectivity index (χ4n) is 4.08. The first-order valence-corrected chi connectivity index (χ1v) is 8.82. The van der Waals surface area contributed by atoms with Gasteiger partial charge in [-0.15, -0.1) is 0 Å². The molecule has 0 aromatic heterocycles. The van der Waals surface area contributed by atoms with E-state index in [0.29, 0.717) is 11.3 Å². The Labute approximate surface area is 153 Å². The van der Waals surface area contributed by atoms with Crippen LogP contribution in [0, 0.1) is 20.8 Å². The van der Waals surface area contributed by atoms with Crippen molar-refractivity contribution in [3.05, 3.63) is 76.0 Å². The van der Waals surface area contributed by atoms with Crippen LogP contribution in [0.1, 0.15) is 34.6 Å². The van der Waals surface area contributed by atoms with Gasteiger partial charge in [-0.1, -0.05) is 30.3 Å². The molecule has 2 aliphatic rings. The zero-order valence-corrected chi connectivity index (χ0v) is 15.2. The highest BCUT2D eigenvalue weighted by atomic mass is 16.5. The van der Waals surface area contributed by atoms with Gasteiger partial charge in [0, 0.05) is 18.0 Å². The van der Waals surface area contributed by atoms with Crippen LogP contribution in [0.25, 0.3) is 0 Å². The van der Waals surface area contributed by atoms with Crippen LogP contribution in [0.4, 0.5) is 5.69 Å². The van der Waals surface area contributed by atoms with Crippen molar-refractivity contribution in [1.29, 1.82) is 0 Å². The van der Waals surface area contributed by atoms with E-state index in [1.165, 1.54) is 0 Å². The second-order valence-corrected chi connectivity index (χ2v) is 7.12. The SMILES string of the molecule is Cc1cc(C)cc(N2C(=O)CC(c3ccccc3C)C3=C2COC3=O)c1. The van der Waals surface area contributed by atoms with Crippen LogP contribution >= 0.6 is 0 Å². The van der Waals surface area contributed by atoms with E-state index in [-0.39, 0.29) is 30.8 Å². The van der Waals surface area contributed by atoms with Gasteiger partial charge in [0.2, 0.25) is 5.91 Å². The van der Waals surface area contributed by atoms with Crippen LogP contribution in [0.5, 0.6) is 0 Å². The molecule has 4 nitrogen and oxygen atoms in total. The Morgan fingerprint density at radius 3 is 2.38 bits per heavy atom. The van der Waals surface area contributed by atoms with Crippen molar-refractivity contribution in [3.8, 4) is 0 Å². The van der Waals surface area contributed by atoms with Gasteiger partial charge in [0.15, 0.2) is 0 Å². The maximum atomic E-state index is 13.1. The van der Waals surface area contributed by atoms with Gasteiger partial charge in [-0.2, -0.15) is 0 Å². The topological polar surface area (TPSA) is 46.6 Å². The summed E-state index contributed by atoms with van der Waals surface area (Å²) in [5, 5.41) is 0. The van der Waals surface area contributed by atoms with Gasteiger partial charge in [-0.3, -0.25) is 9.69 Å². The quantitative estimate of drug-likeness (QED) is 0.773. The molecule has 26 heavy (non-hydrogen) atoms. The molecule has 0 fully saturated rings. The van der Waals surface area contributed by atoms with E-state index < -0.39 is 0 Å². The molecule has 0 saturated carbocycles. The number of carbonyl (C=O) groups excluding carboxylic acids is 2. The minimum Gasteiger partial charge on any atom is -0.456 e. The first kappa shape index (κ1) is 16.6. The van der Waals surface area contributed by atoms with Gasteiger partial charge in [0.25, 0.3) is 0 Å². The third-order valence-corrected chi connectivity index (χ3v) is 5.15. The number of ether oxygens (including phenoxy) is 1. The van der Waals surface area contributed by atoms with E-state index in [2.05, 4.69) is 6.07 Å². The number of hydrogen-bond donors (Lipinski definition) is 0. The minimum atomic E-state index is -0.310. The molecule has 2 aromatic carbocycles. The van der Waals surface area contributed by atoms with Gasteiger partial charge in [0.1, 0.15) is 6.61 Å². The Balaban J connectivity index is 1.87. The first-order valence-electron chi connectivity index (χ1n) is 8.82. The molecule has 1 unspecified atom stereocenters. The molecular weight excluding hydrogens is 326 g/mol. The number of carbonyl (C=O) groups is 2. The Morgan fingerprint density at radius 2 is 1.69 bits per heavy atom. The smallest absolute Gasteiger partial charge is 0.336 e. The zero-order chi connectivity index (χ0) is 18.4. The summed E-state index contributed by atoms with van der Waals surface area (Å²) in [6, 6.07) is 13.9. The summed E-state index contributed by atoms with van der Waals surface area (Å²) in [5.41, 5.74) is 6.38. The van der Waals surface area contributed by atoms with Crippen molar-refractivity contribution < 1.29 is 14.3 Å². The summed E-state index contributed by atoms with van der Waals surface area (Å²) in [4.78, 5) is 27.3. The molecule has 4 heteroatoms. The van der Waals surface area contributed by atoms with Crippen LogP contribution in [-0.4, -0.2) is 18.5 Å². The Bertz CT molecular complexity index is 937. The van der Waals surface area contributed by atoms with E-state index in [1.807, 2.05) is 57.2 Å². The number of anilines is 1.